The predicted molar refractivity (Wildman–Crippen MR) is 121 cm³/mol. The average Bonchev–Trinajstić information content (AvgIpc) is 2.74. The minimum atomic E-state index is -3.87. The highest BCUT2D eigenvalue weighted by Crippen LogP contribution is 2.24. The van der Waals surface area contributed by atoms with Gasteiger partial charge in [0.2, 0.25) is 15.9 Å². The first-order chi connectivity index (χ1) is 14.8. The van der Waals surface area contributed by atoms with Gasteiger partial charge in [0.05, 0.1) is 11.9 Å². The number of likely N-dealkylation sites (tertiary alicyclic amines) is 1. The lowest BCUT2D eigenvalue weighted by atomic mass is 10.0. The van der Waals surface area contributed by atoms with E-state index in [1.54, 1.807) is 0 Å². The van der Waals surface area contributed by atoms with Gasteiger partial charge < -0.3 is 5.32 Å². The van der Waals surface area contributed by atoms with Gasteiger partial charge in [0.15, 0.2) is 0 Å². The van der Waals surface area contributed by atoms with Crippen molar-refractivity contribution in [1.82, 2.24) is 10.2 Å². The Morgan fingerprint density at radius 1 is 1.06 bits per heavy atom. The van der Waals surface area contributed by atoms with Crippen LogP contribution in [0.5, 0.6) is 0 Å². The van der Waals surface area contributed by atoms with E-state index in [1.807, 2.05) is 18.2 Å². The van der Waals surface area contributed by atoms with Crippen LogP contribution in [0.2, 0.25) is 0 Å². The van der Waals surface area contributed by atoms with Crippen LogP contribution in [0.4, 0.5) is 10.1 Å². The van der Waals surface area contributed by atoms with Crippen molar-refractivity contribution in [3.05, 3.63) is 65.5 Å². The summed E-state index contributed by atoms with van der Waals surface area (Å²) >= 11 is 0. The van der Waals surface area contributed by atoms with E-state index < -0.39 is 27.8 Å². The third-order valence-electron chi connectivity index (χ3n) is 5.59. The topological polar surface area (TPSA) is 69.7 Å². The molecule has 3 rings (SSSR count). The highest BCUT2D eigenvalue weighted by molar-refractivity contribution is 7.92. The van der Waals surface area contributed by atoms with Crippen molar-refractivity contribution in [1.29, 1.82) is 0 Å². The van der Waals surface area contributed by atoms with E-state index in [0.717, 1.165) is 41.3 Å². The van der Waals surface area contributed by atoms with Crippen LogP contribution in [0.15, 0.2) is 48.5 Å². The molecule has 2 aromatic carbocycles. The molecule has 1 aliphatic rings. The summed E-state index contributed by atoms with van der Waals surface area (Å²) < 4.78 is 39.8. The van der Waals surface area contributed by atoms with Gasteiger partial charge in [-0.1, -0.05) is 42.8 Å². The Kier molecular flexibility index (Phi) is 7.67. The number of nitrogens with one attached hydrogen (secondary N) is 1. The van der Waals surface area contributed by atoms with Gasteiger partial charge in [0, 0.05) is 13.1 Å². The molecule has 1 atom stereocenters. The van der Waals surface area contributed by atoms with Crippen molar-refractivity contribution in [3.63, 3.8) is 0 Å². The number of rotatable bonds is 8. The smallest absolute Gasteiger partial charge is 0.243 e. The van der Waals surface area contributed by atoms with E-state index in [9.17, 15) is 17.6 Å². The summed E-state index contributed by atoms with van der Waals surface area (Å²) in [4.78, 5) is 15.3. The number of halogens is 1. The van der Waals surface area contributed by atoms with Gasteiger partial charge in [-0.05, 0) is 56.1 Å². The molecule has 0 saturated carbocycles. The monoisotopic (exact) mass is 447 g/mol. The van der Waals surface area contributed by atoms with Gasteiger partial charge in [0.1, 0.15) is 11.9 Å². The number of hydrogen-bond acceptors (Lipinski definition) is 4. The second-order valence-electron chi connectivity index (χ2n) is 8.01. The van der Waals surface area contributed by atoms with E-state index >= 15 is 0 Å². The summed E-state index contributed by atoms with van der Waals surface area (Å²) in [5, 5.41) is 2.83. The highest BCUT2D eigenvalue weighted by Gasteiger charge is 2.30. The Labute approximate surface area is 184 Å². The summed E-state index contributed by atoms with van der Waals surface area (Å²) in [6, 6.07) is 12.4. The van der Waals surface area contributed by atoms with Crippen molar-refractivity contribution in [2.45, 2.75) is 45.3 Å². The molecule has 0 aliphatic carbocycles. The van der Waals surface area contributed by atoms with Crippen LogP contribution in [0, 0.1) is 5.82 Å². The van der Waals surface area contributed by atoms with Gasteiger partial charge in [0.25, 0.3) is 0 Å². The van der Waals surface area contributed by atoms with Gasteiger partial charge in [-0.25, -0.2) is 12.8 Å². The number of carbonyl (C=O) groups is 1. The zero-order chi connectivity index (χ0) is 22.4. The number of nitrogens with zero attached hydrogens (tertiary/aromatic N) is 2. The first-order valence-electron chi connectivity index (χ1n) is 10.6. The molecule has 8 heteroatoms. The minimum Gasteiger partial charge on any atom is -0.350 e. The molecule has 31 heavy (non-hydrogen) atoms. The molecule has 0 spiro atoms. The molecule has 1 fully saturated rings. The summed E-state index contributed by atoms with van der Waals surface area (Å²) in [7, 11) is -3.87. The minimum absolute atomic E-state index is 0.141. The zero-order valence-corrected chi connectivity index (χ0v) is 18.9. The lowest BCUT2D eigenvalue weighted by Gasteiger charge is -2.29. The van der Waals surface area contributed by atoms with Gasteiger partial charge in [-0.15, -0.1) is 0 Å². The number of anilines is 1. The fourth-order valence-corrected chi connectivity index (χ4v) is 5.16. The van der Waals surface area contributed by atoms with Gasteiger partial charge in [-0.2, -0.15) is 0 Å². The number of benzene rings is 2. The van der Waals surface area contributed by atoms with Crippen LogP contribution in [0.3, 0.4) is 0 Å². The van der Waals surface area contributed by atoms with Gasteiger partial charge in [-0.3, -0.25) is 14.0 Å². The third kappa shape index (κ3) is 6.04. The molecule has 1 unspecified atom stereocenters. The van der Waals surface area contributed by atoms with Gasteiger partial charge >= 0.3 is 0 Å². The predicted octanol–water partition coefficient (Wildman–Crippen LogP) is 3.28. The molecule has 0 bridgehead atoms. The zero-order valence-electron chi connectivity index (χ0n) is 18.1. The number of amides is 1. The molecule has 168 valence electrons. The van der Waals surface area contributed by atoms with Crippen molar-refractivity contribution in [3.8, 4) is 0 Å². The highest BCUT2D eigenvalue weighted by atomic mass is 32.2. The maximum absolute atomic E-state index is 14.3. The number of piperidine rings is 1. The fraction of sp³-hybridized carbons (Fsp3) is 0.435. The molecule has 2 aromatic rings. The lowest BCUT2D eigenvalue weighted by molar-refractivity contribution is -0.122. The Balaban J connectivity index is 1.72. The maximum atomic E-state index is 14.3. The van der Waals surface area contributed by atoms with Crippen LogP contribution in [0.25, 0.3) is 0 Å². The summed E-state index contributed by atoms with van der Waals surface area (Å²) in [6.45, 7) is 4.71. The lowest BCUT2D eigenvalue weighted by Crippen LogP contribution is -2.48. The normalized spacial score (nSPS) is 16.0. The second kappa shape index (κ2) is 10.2. The molecular weight excluding hydrogens is 417 g/mol. The van der Waals surface area contributed by atoms with Crippen molar-refractivity contribution < 1.29 is 17.6 Å². The van der Waals surface area contributed by atoms with E-state index in [0.29, 0.717) is 0 Å². The first kappa shape index (κ1) is 23.2. The van der Waals surface area contributed by atoms with E-state index in [-0.39, 0.29) is 12.2 Å². The van der Waals surface area contributed by atoms with E-state index in [1.165, 1.54) is 50.5 Å². The molecule has 1 N–H and O–H groups in total. The molecule has 1 aliphatic heterocycles. The Morgan fingerprint density at radius 3 is 2.32 bits per heavy atom. The summed E-state index contributed by atoms with van der Waals surface area (Å²) in [5.74, 6) is -1.18. The van der Waals surface area contributed by atoms with Crippen molar-refractivity contribution in [2.75, 3.05) is 23.7 Å². The molecule has 1 heterocycles. The van der Waals surface area contributed by atoms with Crippen molar-refractivity contribution in [2.24, 2.45) is 0 Å². The summed E-state index contributed by atoms with van der Waals surface area (Å²) in [6.07, 6.45) is 4.64. The largest absolute Gasteiger partial charge is 0.350 e. The van der Waals surface area contributed by atoms with E-state index in [2.05, 4.69) is 16.3 Å². The molecule has 1 saturated heterocycles. The average molecular weight is 448 g/mol. The van der Waals surface area contributed by atoms with Crippen LogP contribution < -0.4 is 9.62 Å². The quantitative estimate of drug-likeness (QED) is 0.674. The van der Waals surface area contributed by atoms with Crippen molar-refractivity contribution >= 4 is 21.6 Å². The molecule has 1 amide bonds. The molecule has 0 aromatic heterocycles. The second-order valence-corrected chi connectivity index (χ2v) is 9.87. The van der Waals surface area contributed by atoms with Crippen LogP contribution in [0.1, 0.15) is 37.3 Å². The van der Waals surface area contributed by atoms with Crippen LogP contribution in [-0.4, -0.2) is 44.6 Å². The SMILES string of the molecule is CC(C(=O)NCc1ccccc1CN1CCCCC1)N(c1ccccc1F)S(C)(=O)=O. The number of sulfonamides is 1. The number of para-hydroxylation sites is 1. The summed E-state index contributed by atoms with van der Waals surface area (Å²) in [5.41, 5.74) is 2.00. The van der Waals surface area contributed by atoms with E-state index in [4.69, 9.17) is 0 Å². The van der Waals surface area contributed by atoms with Crippen LogP contribution in [-0.2, 0) is 27.9 Å². The Bertz CT molecular complexity index is 1010. The number of carbonyl (C=O) groups excluding carboxylic acids is 1. The standard InChI is InChI=1S/C23H30FN3O3S/c1-18(27(31(2,29)30)22-13-7-6-12-21(22)24)23(28)25-16-19-10-4-5-11-20(19)17-26-14-8-3-9-15-26/h4-7,10-13,18H,3,8-9,14-17H2,1-2H3,(H,25,28). The third-order valence-corrected chi connectivity index (χ3v) is 6.82. The molecule has 0 radical (unpaired) electrons. The van der Waals surface area contributed by atoms with Crippen LogP contribution >= 0.6 is 0 Å². The maximum Gasteiger partial charge on any atom is 0.243 e. The Hall–Kier alpha value is -2.45. The molecular formula is C23H30FN3O3S. The molecule has 6 nitrogen and oxygen atoms in total. The fourth-order valence-electron chi connectivity index (χ4n) is 3.98. The Morgan fingerprint density at radius 2 is 1.68 bits per heavy atom. The number of hydrogen-bond donors (Lipinski definition) is 1. The first-order valence-corrected chi connectivity index (χ1v) is 12.4.